The van der Waals surface area contributed by atoms with Gasteiger partial charge in [0.1, 0.15) is 18.2 Å². The highest BCUT2D eigenvalue weighted by Gasteiger charge is 2.23. The van der Waals surface area contributed by atoms with Crippen molar-refractivity contribution in [1.29, 1.82) is 0 Å². The number of methoxy groups -OCH3 is 1. The third-order valence-corrected chi connectivity index (χ3v) is 6.97. The van der Waals surface area contributed by atoms with Gasteiger partial charge in [-0.3, -0.25) is 19.7 Å². The van der Waals surface area contributed by atoms with Crippen LogP contribution in [0.4, 0.5) is 10.5 Å². The monoisotopic (exact) mass is 583 g/mol. The van der Waals surface area contributed by atoms with E-state index in [2.05, 4.69) is 10.1 Å². The zero-order chi connectivity index (χ0) is 30.7. The van der Waals surface area contributed by atoms with Crippen LogP contribution in [0.3, 0.4) is 0 Å². The molecule has 12 heteroatoms. The quantitative estimate of drug-likeness (QED) is 0.0649. The van der Waals surface area contributed by atoms with Gasteiger partial charge < -0.3 is 14.0 Å². The third kappa shape index (κ3) is 5.86. The molecule has 5 aromatic rings. The molecule has 0 bridgehead atoms. The minimum Gasteiger partial charge on any atom is -0.488 e. The van der Waals surface area contributed by atoms with Crippen LogP contribution in [0.2, 0.25) is 0 Å². The van der Waals surface area contributed by atoms with Crippen LogP contribution in [0.25, 0.3) is 21.8 Å². The molecule has 0 fully saturated rings. The van der Waals surface area contributed by atoms with E-state index >= 15 is 0 Å². The van der Waals surface area contributed by atoms with Gasteiger partial charge in [0.2, 0.25) is 5.78 Å². The van der Waals surface area contributed by atoms with Crippen LogP contribution in [0.15, 0.2) is 78.5 Å². The number of hydrogen-bond donors (Lipinski definition) is 0. The summed E-state index contributed by atoms with van der Waals surface area (Å²) in [5, 5.41) is 16.8. The number of benzene rings is 3. The predicted octanol–water partition coefficient (Wildman–Crippen LogP) is 5.91. The highest BCUT2D eigenvalue weighted by Crippen LogP contribution is 2.33. The zero-order valence-corrected chi connectivity index (χ0v) is 24.0. The molecule has 2 heterocycles. The minimum absolute atomic E-state index is 0.0502. The third-order valence-electron chi connectivity index (χ3n) is 6.97. The molecule has 0 saturated heterocycles. The number of non-ortho nitro benzene ring substituents is 1. The number of Topliss-reactive ketones (excluding diaryl/α,β-unsaturated/α-hetero) is 1. The van der Waals surface area contributed by atoms with Crippen molar-refractivity contribution in [2.24, 2.45) is 5.16 Å². The molecule has 3 aromatic carbocycles. The van der Waals surface area contributed by atoms with Gasteiger partial charge >= 0.3 is 6.09 Å². The van der Waals surface area contributed by atoms with E-state index in [1.807, 2.05) is 18.4 Å². The number of hydrogen-bond acceptors (Lipinski definition) is 9. The Morgan fingerprint density at radius 1 is 1.07 bits per heavy atom. The summed E-state index contributed by atoms with van der Waals surface area (Å²) in [6.45, 7) is 6.67. The molecule has 0 N–H and O–H groups in total. The van der Waals surface area contributed by atoms with Crippen LogP contribution in [0.5, 0.6) is 5.75 Å². The van der Waals surface area contributed by atoms with Crippen LogP contribution < -0.4 is 4.74 Å². The van der Waals surface area contributed by atoms with Crippen LogP contribution in [-0.2, 0) is 16.1 Å². The van der Waals surface area contributed by atoms with Gasteiger partial charge in [0, 0.05) is 71.1 Å². The summed E-state index contributed by atoms with van der Waals surface area (Å²) < 4.78 is 14.1. The van der Waals surface area contributed by atoms with E-state index in [0.717, 1.165) is 15.6 Å². The first kappa shape index (κ1) is 29.1. The second kappa shape index (κ2) is 12.2. The van der Waals surface area contributed by atoms with Gasteiger partial charge in [-0.25, -0.2) is 14.3 Å². The second-order valence-corrected chi connectivity index (χ2v) is 9.89. The Hall–Kier alpha value is -5.36. The van der Waals surface area contributed by atoms with Crippen molar-refractivity contribution in [2.45, 2.75) is 33.4 Å². The number of nitrogens with zero attached hydrogens (tertiary/aromatic N) is 5. The second-order valence-electron chi connectivity index (χ2n) is 9.89. The highest BCUT2D eigenvalue weighted by molar-refractivity contribution is 6.51. The molecule has 0 aliphatic heterocycles. The Labute approximate surface area is 246 Å². The summed E-state index contributed by atoms with van der Waals surface area (Å²) in [6, 6.07) is 15.0. The molecule has 43 heavy (non-hydrogen) atoms. The Morgan fingerprint density at radius 3 is 2.47 bits per heavy atom. The fraction of sp³-hybridized carbons (Fsp3) is 0.226. The van der Waals surface area contributed by atoms with Crippen molar-refractivity contribution >= 4 is 45.1 Å². The van der Waals surface area contributed by atoms with Crippen LogP contribution in [0, 0.1) is 17.0 Å². The number of rotatable bonds is 10. The maximum atomic E-state index is 14.1. The molecule has 5 rings (SSSR count). The average Bonchev–Trinajstić information content (AvgIpc) is 3.64. The molecule has 1 atom stereocenters. The average molecular weight is 584 g/mol. The van der Waals surface area contributed by atoms with E-state index in [0.29, 0.717) is 40.8 Å². The Balaban J connectivity index is 1.59. The molecule has 0 saturated carbocycles. The first-order valence-electron chi connectivity index (χ1n) is 13.5. The number of oxime groups is 1. The SMILES string of the molecule is CCn1c2ccc(C(=O)C(=NOC(=O)n3ccnc3)c3ccc(OC(C)COC)cc3C)cc2c2cc([N+](=O)[O-])ccc21. The largest absolute Gasteiger partial charge is 0.488 e. The van der Waals surface area contributed by atoms with Crippen LogP contribution in [0.1, 0.15) is 35.3 Å². The lowest BCUT2D eigenvalue weighted by atomic mass is 9.96. The summed E-state index contributed by atoms with van der Waals surface area (Å²) in [6.07, 6.45) is 3.02. The molecule has 0 radical (unpaired) electrons. The van der Waals surface area contributed by atoms with E-state index in [-0.39, 0.29) is 23.1 Å². The van der Waals surface area contributed by atoms with E-state index in [1.54, 1.807) is 56.5 Å². The zero-order valence-electron chi connectivity index (χ0n) is 24.0. The lowest BCUT2D eigenvalue weighted by Crippen LogP contribution is -2.20. The fourth-order valence-corrected chi connectivity index (χ4v) is 5.01. The molecule has 220 valence electrons. The molecule has 0 amide bonds. The first-order valence-corrected chi connectivity index (χ1v) is 13.5. The standard InChI is InChI=1S/C31H29N5O7/c1-5-35-27-10-6-21(15-25(27)26-16-22(36(39)40)7-11-28(26)35)30(37)29(33-43-31(38)34-13-12-32-18-34)24-9-8-23(14-19(24)2)42-20(3)17-41-4/h6-16,18,20H,5,17H2,1-4H3. The minimum atomic E-state index is -0.845. The molecule has 0 aliphatic rings. The maximum absolute atomic E-state index is 14.1. The van der Waals surface area contributed by atoms with E-state index in [9.17, 15) is 19.7 Å². The number of fused-ring (bicyclic) bond motifs is 3. The number of carbonyl (C=O) groups is 2. The molecular weight excluding hydrogens is 554 g/mol. The van der Waals surface area contributed by atoms with Crippen molar-refractivity contribution in [3.05, 3.63) is 100 Å². The number of aryl methyl sites for hydroxylation is 2. The number of ether oxygens (including phenoxy) is 2. The summed E-state index contributed by atoms with van der Waals surface area (Å²) in [5.74, 6) is 0.0658. The van der Waals surface area contributed by atoms with Crippen molar-refractivity contribution < 1.29 is 28.8 Å². The molecule has 1 unspecified atom stereocenters. The summed E-state index contributed by atoms with van der Waals surface area (Å²) in [5.41, 5.74) is 2.83. The number of imidazole rings is 1. The van der Waals surface area contributed by atoms with Crippen molar-refractivity contribution in [2.75, 3.05) is 13.7 Å². The van der Waals surface area contributed by atoms with Crippen LogP contribution >= 0.6 is 0 Å². The van der Waals surface area contributed by atoms with Gasteiger partial charge in [-0.05, 0) is 68.8 Å². The van der Waals surface area contributed by atoms with Crippen molar-refractivity contribution in [1.82, 2.24) is 14.1 Å². The van der Waals surface area contributed by atoms with Gasteiger partial charge in [-0.2, -0.15) is 0 Å². The van der Waals surface area contributed by atoms with Gasteiger partial charge in [0.15, 0.2) is 5.71 Å². The number of ketones is 1. The van der Waals surface area contributed by atoms with Crippen LogP contribution in [-0.4, -0.2) is 56.5 Å². The summed E-state index contributed by atoms with van der Waals surface area (Å²) in [4.78, 5) is 46.7. The van der Waals surface area contributed by atoms with Crippen molar-refractivity contribution in [3.63, 3.8) is 0 Å². The first-order chi connectivity index (χ1) is 20.7. The molecule has 0 aliphatic carbocycles. The number of nitro benzene ring substituents is 1. The van der Waals surface area contributed by atoms with Crippen molar-refractivity contribution in [3.8, 4) is 5.75 Å². The normalized spacial score (nSPS) is 12.4. The molecule has 0 spiro atoms. The van der Waals surface area contributed by atoms with Gasteiger partial charge in [-0.1, -0.05) is 5.16 Å². The Kier molecular flexibility index (Phi) is 8.30. The number of nitro groups is 1. The van der Waals surface area contributed by atoms with Gasteiger partial charge in [-0.15, -0.1) is 0 Å². The predicted molar refractivity (Wildman–Crippen MR) is 160 cm³/mol. The number of carbonyl (C=O) groups excluding carboxylic acids is 2. The molecular formula is C31H29N5O7. The fourth-order valence-electron chi connectivity index (χ4n) is 5.01. The Morgan fingerprint density at radius 2 is 1.81 bits per heavy atom. The smallest absolute Gasteiger partial charge is 0.445 e. The van der Waals surface area contributed by atoms with E-state index in [1.165, 1.54) is 30.9 Å². The lowest BCUT2D eigenvalue weighted by Gasteiger charge is -2.15. The lowest BCUT2D eigenvalue weighted by molar-refractivity contribution is -0.384. The van der Waals surface area contributed by atoms with E-state index in [4.69, 9.17) is 14.3 Å². The highest BCUT2D eigenvalue weighted by atomic mass is 16.7. The van der Waals surface area contributed by atoms with Gasteiger partial charge in [0.05, 0.1) is 11.5 Å². The Bertz CT molecular complexity index is 1870. The van der Waals surface area contributed by atoms with E-state index < -0.39 is 16.8 Å². The summed E-state index contributed by atoms with van der Waals surface area (Å²) in [7, 11) is 1.59. The molecule has 2 aromatic heterocycles. The van der Waals surface area contributed by atoms with Gasteiger partial charge in [0.25, 0.3) is 5.69 Å². The number of aromatic nitrogens is 3. The topological polar surface area (TPSA) is 140 Å². The summed E-state index contributed by atoms with van der Waals surface area (Å²) >= 11 is 0. The maximum Gasteiger partial charge on any atom is 0.445 e. The molecule has 12 nitrogen and oxygen atoms in total.